The van der Waals surface area contributed by atoms with Gasteiger partial charge in [-0.2, -0.15) is 0 Å². The lowest BCUT2D eigenvalue weighted by Crippen LogP contribution is -2.38. The van der Waals surface area contributed by atoms with Crippen molar-refractivity contribution in [3.05, 3.63) is 103 Å². The van der Waals surface area contributed by atoms with Crippen LogP contribution in [0.5, 0.6) is 0 Å². The van der Waals surface area contributed by atoms with Gasteiger partial charge < -0.3 is 4.74 Å². The molecule has 0 atom stereocenters. The van der Waals surface area contributed by atoms with Gasteiger partial charge in [0.25, 0.3) is 0 Å². The summed E-state index contributed by atoms with van der Waals surface area (Å²) >= 11 is 0. The predicted octanol–water partition coefficient (Wildman–Crippen LogP) is 5.03. The van der Waals surface area contributed by atoms with Crippen LogP contribution >= 0.6 is 6.89 Å². The maximum absolute atomic E-state index is 13.9. The molecule has 0 aromatic heterocycles. The molecule has 0 saturated carbocycles. The van der Waals surface area contributed by atoms with Gasteiger partial charge in [0.05, 0.1) is 6.61 Å². The van der Waals surface area contributed by atoms with E-state index >= 15 is 0 Å². The molecule has 0 bridgehead atoms. The van der Waals surface area contributed by atoms with Crippen LogP contribution in [0, 0.1) is 0 Å². The fraction of sp³-hybridized carbons (Fsp3) is 0.207. The molecule has 0 radical (unpaired) electrons. The Morgan fingerprint density at radius 3 is 1.55 bits per heavy atom. The molecule has 0 heterocycles. The van der Waals surface area contributed by atoms with Crippen molar-refractivity contribution in [3.8, 4) is 0 Å². The lowest BCUT2D eigenvalue weighted by Gasteiger charge is -2.31. The third kappa shape index (κ3) is 5.43. The number of rotatable bonds is 9. The minimum atomic E-state index is -2.80. The van der Waals surface area contributed by atoms with Gasteiger partial charge in [0.2, 0.25) is 0 Å². The van der Waals surface area contributed by atoms with Crippen LogP contribution in [0.25, 0.3) is 0 Å². The van der Waals surface area contributed by atoms with Gasteiger partial charge in [-0.15, -0.1) is 0 Å². The molecule has 0 N–H and O–H groups in total. The maximum atomic E-state index is 13.9. The first-order valence-corrected chi connectivity index (χ1v) is 13.1. The number of ether oxygens (including phenoxy) is 1. The molecule has 0 amide bonds. The maximum Gasteiger partial charge on any atom is 0.342 e. The molecule has 0 aliphatic heterocycles. The fourth-order valence-corrected chi connectivity index (χ4v) is 8.39. The zero-order valence-corrected chi connectivity index (χ0v) is 20.4. The first-order valence-electron chi connectivity index (χ1n) is 11.3. The molecule has 170 valence electrons. The summed E-state index contributed by atoms with van der Waals surface area (Å²) in [5, 5.41) is 3.14. The van der Waals surface area contributed by atoms with Gasteiger partial charge in [-0.25, -0.2) is 4.79 Å². The second kappa shape index (κ2) is 11.6. The van der Waals surface area contributed by atoms with Gasteiger partial charge in [0, 0.05) is 6.42 Å². The third-order valence-electron chi connectivity index (χ3n) is 5.42. The number of allylic oxidation sites excluding steroid dienone is 2. The predicted molar refractivity (Wildman–Crippen MR) is 140 cm³/mol. The largest absolute Gasteiger partial charge is 0.462 e. The normalized spacial score (nSPS) is 10.9. The average molecular weight is 459 g/mol. The van der Waals surface area contributed by atoms with Gasteiger partial charge in [0.15, 0.2) is 5.78 Å². The monoisotopic (exact) mass is 458 g/mol. The van der Waals surface area contributed by atoms with Crippen molar-refractivity contribution in [1.82, 2.24) is 0 Å². The minimum Gasteiger partial charge on any atom is -0.462 e. The van der Waals surface area contributed by atoms with Gasteiger partial charge in [0.1, 0.15) is 5.29 Å². The molecule has 3 aromatic rings. The van der Waals surface area contributed by atoms with Crippen molar-refractivity contribution < 1.29 is 14.3 Å². The van der Waals surface area contributed by atoms with Crippen molar-refractivity contribution in [2.45, 2.75) is 33.6 Å². The summed E-state index contributed by atoms with van der Waals surface area (Å²) in [6.07, 6.45) is 2.88. The standard InChI is InChI=1S/C29H31O3P/c1-4-32-29(31)28(27(30)22-14-15-23(2)3)33(24-16-8-5-9-17-24,25-18-10-6-11-19-25)26-20-12-7-13-21-26/h5-13,15-21H,4,14,22H2,1-3H3. The molecule has 3 rings (SSSR count). The summed E-state index contributed by atoms with van der Waals surface area (Å²) < 4.78 is 5.54. The summed E-state index contributed by atoms with van der Waals surface area (Å²) in [6, 6.07) is 29.8. The van der Waals surface area contributed by atoms with Crippen LogP contribution in [0.3, 0.4) is 0 Å². The van der Waals surface area contributed by atoms with Gasteiger partial charge in [-0.05, 0) is 50.0 Å². The number of ketones is 1. The Morgan fingerprint density at radius 2 is 1.18 bits per heavy atom. The summed E-state index contributed by atoms with van der Waals surface area (Å²) in [6.45, 7) is 3.21. The molecule has 33 heavy (non-hydrogen) atoms. The van der Waals surface area contributed by atoms with Gasteiger partial charge in [-0.1, -0.05) is 103 Å². The van der Waals surface area contributed by atoms with Crippen LogP contribution in [0.4, 0.5) is 0 Å². The van der Waals surface area contributed by atoms with Crippen molar-refractivity contribution >= 4 is 39.8 Å². The Hall–Kier alpha value is -3.16. The number of esters is 1. The lowest BCUT2D eigenvalue weighted by molar-refractivity contribution is -0.135. The van der Waals surface area contributed by atoms with E-state index in [2.05, 4.69) is 0 Å². The Kier molecular flexibility index (Phi) is 8.63. The molecule has 4 heteroatoms. The van der Waals surface area contributed by atoms with E-state index in [1.807, 2.05) is 111 Å². The molecule has 0 spiro atoms. The van der Waals surface area contributed by atoms with Crippen LogP contribution < -0.4 is 15.9 Å². The number of Topliss-reactive ketones (excluding diaryl/α,β-unsaturated/α-hetero) is 1. The SMILES string of the molecule is CCOC(=O)C(C(=O)CCC=C(C)C)=P(c1ccccc1)(c1ccccc1)c1ccccc1. The zero-order valence-electron chi connectivity index (χ0n) is 19.5. The van der Waals surface area contributed by atoms with Crippen molar-refractivity contribution in [3.63, 3.8) is 0 Å². The lowest BCUT2D eigenvalue weighted by atomic mass is 10.1. The molecule has 3 aromatic carbocycles. The molecule has 0 fully saturated rings. The van der Waals surface area contributed by atoms with Crippen LogP contribution in [0.1, 0.15) is 33.6 Å². The van der Waals surface area contributed by atoms with E-state index in [-0.39, 0.29) is 24.1 Å². The quantitative estimate of drug-likeness (QED) is 0.196. The molecule has 3 nitrogen and oxygen atoms in total. The molecule has 0 saturated heterocycles. The van der Waals surface area contributed by atoms with E-state index in [9.17, 15) is 9.59 Å². The minimum absolute atomic E-state index is 0.157. The highest BCUT2D eigenvalue weighted by molar-refractivity contribution is 7.97. The number of hydrogen-bond donors (Lipinski definition) is 0. The van der Waals surface area contributed by atoms with Crippen LogP contribution in [-0.4, -0.2) is 23.7 Å². The van der Waals surface area contributed by atoms with Crippen LogP contribution in [-0.2, 0) is 14.3 Å². The summed E-state index contributed by atoms with van der Waals surface area (Å²) in [5.41, 5.74) is 1.15. The molecule has 0 unspecified atom stereocenters. The smallest absolute Gasteiger partial charge is 0.342 e. The first kappa shape index (κ1) is 24.5. The Labute approximate surface area is 197 Å². The average Bonchev–Trinajstić information content (AvgIpc) is 2.84. The topological polar surface area (TPSA) is 43.4 Å². The summed E-state index contributed by atoms with van der Waals surface area (Å²) in [5.74, 6) is -0.680. The number of hydrogen-bond acceptors (Lipinski definition) is 3. The van der Waals surface area contributed by atoms with Crippen molar-refractivity contribution in [2.75, 3.05) is 6.61 Å². The van der Waals surface area contributed by atoms with Crippen molar-refractivity contribution in [2.24, 2.45) is 0 Å². The van der Waals surface area contributed by atoms with Gasteiger partial charge in [-0.3, -0.25) is 4.79 Å². The Morgan fingerprint density at radius 1 is 0.758 bits per heavy atom. The number of carbonyl (C=O) groups is 2. The molecular formula is C29H31O3P. The highest BCUT2D eigenvalue weighted by atomic mass is 31.2. The van der Waals surface area contributed by atoms with E-state index in [0.29, 0.717) is 6.42 Å². The van der Waals surface area contributed by atoms with Crippen LogP contribution in [0.2, 0.25) is 0 Å². The third-order valence-corrected chi connectivity index (χ3v) is 9.74. The van der Waals surface area contributed by atoms with E-state index in [4.69, 9.17) is 4.74 Å². The van der Waals surface area contributed by atoms with Crippen LogP contribution in [0.15, 0.2) is 103 Å². The van der Waals surface area contributed by atoms with E-state index in [1.165, 1.54) is 0 Å². The highest BCUT2D eigenvalue weighted by Gasteiger charge is 2.37. The van der Waals surface area contributed by atoms with E-state index < -0.39 is 12.9 Å². The Balaban J connectivity index is 2.49. The summed E-state index contributed by atoms with van der Waals surface area (Å²) in [7, 11) is 0. The Bertz CT molecular complexity index is 1060. The molecule has 0 aliphatic rings. The van der Waals surface area contributed by atoms with E-state index in [0.717, 1.165) is 21.5 Å². The van der Waals surface area contributed by atoms with Gasteiger partial charge >= 0.3 is 5.97 Å². The number of benzene rings is 3. The second-order valence-corrected chi connectivity index (χ2v) is 11.3. The highest BCUT2D eigenvalue weighted by Crippen LogP contribution is 2.46. The fourth-order valence-electron chi connectivity index (χ4n) is 4.04. The van der Waals surface area contributed by atoms with E-state index in [1.54, 1.807) is 6.92 Å². The summed E-state index contributed by atoms with van der Waals surface area (Å²) in [4.78, 5) is 27.4. The second-order valence-electron chi connectivity index (χ2n) is 7.99. The number of carbonyl (C=O) groups excluding carboxylic acids is 2. The molecule has 0 aliphatic carbocycles. The first-order chi connectivity index (χ1) is 16.0. The zero-order chi connectivity index (χ0) is 23.7. The molecular weight excluding hydrogens is 427 g/mol. The van der Waals surface area contributed by atoms with Crippen molar-refractivity contribution in [1.29, 1.82) is 0 Å².